The van der Waals surface area contributed by atoms with E-state index in [4.69, 9.17) is 9.16 Å². The van der Waals surface area contributed by atoms with Crippen LogP contribution in [0.25, 0.3) is 0 Å². The van der Waals surface area contributed by atoms with Crippen molar-refractivity contribution < 1.29 is 14.0 Å². The van der Waals surface area contributed by atoms with Gasteiger partial charge in [0.25, 0.3) is 0 Å². The Morgan fingerprint density at radius 1 is 1.12 bits per heavy atom. The second kappa shape index (κ2) is 11.0. The molecule has 0 saturated heterocycles. The van der Waals surface area contributed by atoms with Gasteiger partial charge in [0.2, 0.25) is 0 Å². The molecule has 0 unspecified atom stereocenters. The average molecular weight is 379 g/mol. The number of benzene rings is 1. The minimum absolute atomic E-state index is 0.162. The van der Waals surface area contributed by atoms with Gasteiger partial charge in [-0.25, -0.2) is 0 Å². The van der Waals surface area contributed by atoms with Crippen molar-refractivity contribution in [1.82, 2.24) is 0 Å². The van der Waals surface area contributed by atoms with E-state index >= 15 is 0 Å². The third-order valence-electron chi connectivity index (χ3n) is 5.49. The quantitative estimate of drug-likeness (QED) is 0.255. The fraction of sp³-hybridized carbons (Fsp3) is 0.682. The van der Waals surface area contributed by atoms with Crippen LogP contribution in [0.3, 0.4) is 0 Å². The number of carbonyl (C=O) groups is 1. The predicted molar refractivity (Wildman–Crippen MR) is 112 cm³/mol. The largest absolute Gasteiger partial charge is 0.414 e. The molecule has 0 aromatic heterocycles. The predicted octanol–water partition coefficient (Wildman–Crippen LogP) is 5.99. The molecule has 1 aromatic carbocycles. The zero-order valence-corrected chi connectivity index (χ0v) is 18.6. The molecule has 4 heteroatoms. The van der Waals surface area contributed by atoms with Crippen LogP contribution in [0.4, 0.5) is 0 Å². The summed E-state index contributed by atoms with van der Waals surface area (Å²) in [6, 6.07) is 10.3. The number of ether oxygens (including phenoxy) is 1. The van der Waals surface area contributed by atoms with E-state index in [1.54, 1.807) is 0 Å². The SMILES string of the molecule is C[C@H](CC=O)[C@@H](CCCCOCc1ccccc1)O[Si](C)(C)C(C)(C)C. The highest BCUT2D eigenvalue weighted by atomic mass is 28.4. The Morgan fingerprint density at radius 3 is 2.35 bits per heavy atom. The van der Waals surface area contributed by atoms with Crippen LogP contribution in [0.5, 0.6) is 0 Å². The van der Waals surface area contributed by atoms with Crippen molar-refractivity contribution in [3.05, 3.63) is 35.9 Å². The highest BCUT2D eigenvalue weighted by Gasteiger charge is 2.39. The van der Waals surface area contributed by atoms with Crippen molar-refractivity contribution in [3.8, 4) is 0 Å². The van der Waals surface area contributed by atoms with Crippen molar-refractivity contribution in [3.63, 3.8) is 0 Å². The molecule has 3 nitrogen and oxygen atoms in total. The molecule has 1 aromatic rings. The van der Waals surface area contributed by atoms with Crippen LogP contribution in [0.15, 0.2) is 30.3 Å². The van der Waals surface area contributed by atoms with E-state index in [2.05, 4.69) is 52.9 Å². The third-order valence-corrected chi connectivity index (χ3v) is 10.00. The Labute approximate surface area is 161 Å². The lowest BCUT2D eigenvalue weighted by Gasteiger charge is -2.41. The van der Waals surface area contributed by atoms with Gasteiger partial charge in [0, 0.05) is 19.1 Å². The van der Waals surface area contributed by atoms with Gasteiger partial charge in [-0.05, 0) is 48.9 Å². The van der Waals surface area contributed by atoms with Gasteiger partial charge in [-0.3, -0.25) is 0 Å². The van der Waals surface area contributed by atoms with E-state index in [0.717, 1.165) is 32.2 Å². The molecular weight excluding hydrogens is 340 g/mol. The molecule has 26 heavy (non-hydrogen) atoms. The summed E-state index contributed by atoms with van der Waals surface area (Å²) in [5, 5.41) is 0.185. The van der Waals surface area contributed by atoms with Crippen LogP contribution in [-0.4, -0.2) is 27.3 Å². The lowest BCUT2D eigenvalue weighted by molar-refractivity contribution is -0.109. The Hall–Kier alpha value is -0.973. The molecule has 0 heterocycles. The van der Waals surface area contributed by atoms with E-state index in [-0.39, 0.29) is 17.1 Å². The molecule has 1 rings (SSSR count). The summed E-state index contributed by atoms with van der Waals surface area (Å²) in [6.07, 6.45) is 4.85. The smallest absolute Gasteiger partial charge is 0.192 e. The first kappa shape index (κ1) is 23.1. The van der Waals surface area contributed by atoms with Crippen molar-refractivity contribution in [2.45, 2.75) is 84.2 Å². The molecule has 0 N–H and O–H groups in total. The van der Waals surface area contributed by atoms with Crippen LogP contribution >= 0.6 is 0 Å². The molecule has 148 valence electrons. The van der Waals surface area contributed by atoms with Gasteiger partial charge >= 0.3 is 0 Å². The van der Waals surface area contributed by atoms with Gasteiger partial charge in [-0.2, -0.15) is 0 Å². The van der Waals surface area contributed by atoms with E-state index in [1.807, 2.05) is 18.2 Å². The maximum Gasteiger partial charge on any atom is 0.192 e. The van der Waals surface area contributed by atoms with Gasteiger partial charge in [0.1, 0.15) is 6.29 Å². The molecule has 0 amide bonds. The van der Waals surface area contributed by atoms with Crippen LogP contribution in [0.1, 0.15) is 58.9 Å². The fourth-order valence-electron chi connectivity index (χ4n) is 2.63. The maximum absolute atomic E-state index is 11.0. The van der Waals surface area contributed by atoms with E-state index in [9.17, 15) is 4.79 Å². The highest BCUT2D eigenvalue weighted by Crippen LogP contribution is 2.39. The molecule has 0 fully saturated rings. The minimum Gasteiger partial charge on any atom is -0.414 e. The Balaban J connectivity index is 2.42. The molecule has 0 spiro atoms. The summed E-state index contributed by atoms with van der Waals surface area (Å²) in [5.74, 6) is 0.270. The molecule has 0 saturated carbocycles. The van der Waals surface area contributed by atoms with Crippen LogP contribution in [0, 0.1) is 5.92 Å². The number of hydrogen-bond acceptors (Lipinski definition) is 3. The van der Waals surface area contributed by atoms with Crippen LogP contribution in [0.2, 0.25) is 18.1 Å². The molecular formula is C22H38O3Si. The standard InChI is InChI=1S/C22H38O3Si/c1-19(15-16-23)21(25-26(5,6)22(2,3)4)14-10-11-17-24-18-20-12-8-7-9-13-20/h7-9,12-13,16,19,21H,10-11,14-15,17-18H2,1-6H3/t19-,21-/m1/s1. The van der Waals surface area contributed by atoms with E-state index in [1.165, 1.54) is 5.56 Å². The molecule has 0 aliphatic heterocycles. The molecule has 0 bridgehead atoms. The lowest BCUT2D eigenvalue weighted by Crippen LogP contribution is -2.45. The zero-order chi connectivity index (χ0) is 19.6. The first-order chi connectivity index (χ1) is 12.2. The minimum atomic E-state index is -1.83. The number of rotatable bonds is 12. The van der Waals surface area contributed by atoms with E-state index in [0.29, 0.717) is 13.0 Å². The summed E-state index contributed by atoms with van der Waals surface area (Å²) >= 11 is 0. The first-order valence-corrected chi connectivity index (χ1v) is 12.8. The lowest BCUT2D eigenvalue weighted by atomic mass is 9.97. The Kier molecular flexibility index (Phi) is 9.76. The monoisotopic (exact) mass is 378 g/mol. The van der Waals surface area contributed by atoms with E-state index < -0.39 is 8.32 Å². The molecule has 0 aliphatic rings. The maximum atomic E-state index is 11.0. The van der Waals surface area contributed by atoms with Crippen molar-refractivity contribution in [1.29, 1.82) is 0 Å². The normalized spacial score (nSPS) is 14.8. The van der Waals surface area contributed by atoms with Crippen molar-refractivity contribution in [2.75, 3.05) is 6.61 Å². The van der Waals surface area contributed by atoms with Crippen molar-refractivity contribution >= 4 is 14.6 Å². The van der Waals surface area contributed by atoms with Crippen LogP contribution < -0.4 is 0 Å². The van der Waals surface area contributed by atoms with Gasteiger partial charge in [-0.15, -0.1) is 0 Å². The number of hydrogen-bond donors (Lipinski definition) is 0. The summed E-state index contributed by atoms with van der Waals surface area (Å²) in [6.45, 7) is 14.9. The number of carbonyl (C=O) groups excluding carboxylic acids is 1. The van der Waals surface area contributed by atoms with Crippen LogP contribution in [-0.2, 0) is 20.6 Å². The van der Waals surface area contributed by atoms with Gasteiger partial charge < -0.3 is 14.0 Å². The Bertz CT molecular complexity index is 508. The molecule has 0 radical (unpaired) electrons. The van der Waals surface area contributed by atoms with Gasteiger partial charge in [-0.1, -0.05) is 58.0 Å². The summed E-state index contributed by atoms with van der Waals surface area (Å²) < 4.78 is 12.4. The number of unbranched alkanes of at least 4 members (excludes halogenated alkanes) is 1. The summed E-state index contributed by atoms with van der Waals surface area (Å²) in [5.41, 5.74) is 1.21. The average Bonchev–Trinajstić information content (AvgIpc) is 2.57. The number of aldehydes is 1. The second-order valence-corrected chi connectivity index (χ2v) is 13.6. The molecule has 0 aliphatic carbocycles. The fourth-order valence-corrected chi connectivity index (χ4v) is 4.09. The molecule has 2 atom stereocenters. The Morgan fingerprint density at radius 2 is 1.77 bits per heavy atom. The zero-order valence-electron chi connectivity index (χ0n) is 17.6. The summed E-state index contributed by atoms with van der Waals surface area (Å²) in [4.78, 5) is 11.0. The first-order valence-electron chi connectivity index (χ1n) is 9.90. The highest BCUT2D eigenvalue weighted by molar-refractivity contribution is 6.74. The summed E-state index contributed by atoms with van der Waals surface area (Å²) in [7, 11) is -1.83. The van der Waals surface area contributed by atoms with Gasteiger partial charge in [0.15, 0.2) is 8.32 Å². The third kappa shape index (κ3) is 8.15. The second-order valence-electron chi connectivity index (χ2n) is 8.83. The topological polar surface area (TPSA) is 35.5 Å². The van der Waals surface area contributed by atoms with Crippen molar-refractivity contribution in [2.24, 2.45) is 5.92 Å². The van der Waals surface area contributed by atoms with Gasteiger partial charge in [0.05, 0.1) is 6.61 Å².